The summed E-state index contributed by atoms with van der Waals surface area (Å²) in [6.45, 7) is 4.48. The Balaban J connectivity index is 1.02. The molecule has 59 heavy (non-hydrogen) atoms. The van der Waals surface area contributed by atoms with Gasteiger partial charge >= 0.3 is 0 Å². The lowest BCUT2D eigenvalue weighted by atomic mass is 9.85. The van der Waals surface area contributed by atoms with E-state index in [1.54, 1.807) is 0 Å². The first-order chi connectivity index (χ1) is 29.1. The molecule has 0 atom stereocenters. The zero-order valence-corrected chi connectivity index (χ0v) is 32.6. The molecule has 0 aliphatic carbocycles. The van der Waals surface area contributed by atoms with Crippen LogP contribution in [0.4, 0.5) is 0 Å². The Morgan fingerprint density at radius 2 is 0.763 bits per heavy atom. The predicted molar refractivity (Wildman–Crippen MR) is 251 cm³/mol. The van der Waals surface area contributed by atoms with Crippen molar-refractivity contribution in [3.05, 3.63) is 181 Å². The van der Waals surface area contributed by atoms with Gasteiger partial charge in [0.15, 0.2) is 0 Å². The average molecular weight is 753 g/mol. The highest BCUT2D eigenvalue weighted by Crippen LogP contribution is 2.47. The molecule has 0 saturated heterocycles. The van der Waals surface area contributed by atoms with Crippen molar-refractivity contribution in [3.8, 4) is 22.3 Å². The smallest absolute Gasteiger partial charge is 0.136 e. The molecule has 11 aromatic carbocycles. The number of furan rings is 2. The minimum atomic E-state index is 0.473. The van der Waals surface area contributed by atoms with Gasteiger partial charge in [-0.1, -0.05) is 141 Å². The van der Waals surface area contributed by atoms with Crippen LogP contribution in [-0.2, 0) is 0 Å². The lowest BCUT2D eigenvalue weighted by Crippen LogP contribution is -1.90. The van der Waals surface area contributed by atoms with Crippen LogP contribution in [0.1, 0.15) is 25.3 Å². The number of rotatable bonds is 3. The zero-order valence-electron chi connectivity index (χ0n) is 32.6. The van der Waals surface area contributed by atoms with Gasteiger partial charge in [0.25, 0.3) is 0 Å². The second-order valence-electron chi connectivity index (χ2n) is 16.6. The normalized spacial score (nSPS) is 12.4. The van der Waals surface area contributed by atoms with Gasteiger partial charge in [0.2, 0.25) is 0 Å². The van der Waals surface area contributed by atoms with Gasteiger partial charge in [-0.05, 0) is 147 Å². The summed E-state index contributed by atoms with van der Waals surface area (Å²) >= 11 is 0. The number of fused-ring (bicyclic) bond motifs is 15. The highest BCUT2D eigenvalue weighted by atomic mass is 16.3. The van der Waals surface area contributed by atoms with Crippen LogP contribution in [0.15, 0.2) is 185 Å². The average Bonchev–Trinajstić information content (AvgIpc) is 3.82. The topological polar surface area (TPSA) is 26.3 Å². The van der Waals surface area contributed by atoms with Gasteiger partial charge in [-0.2, -0.15) is 0 Å². The molecule has 13 rings (SSSR count). The van der Waals surface area contributed by atoms with Gasteiger partial charge in [-0.3, -0.25) is 0 Å². The standard InChI is InChI=1S/C57H36O2/c1-32(2)33-19-20-34-26-49-42-23-21-36(28-53(42)59-54(49)29-37(34)25-33)57-45-17-9-7-15-43(45)56(44-16-8-10-18-46(44)57)35-22-24-52-50(27-35)51-30-47-40-13-5-3-11-38(40)39-12-4-6-14-41(39)48(47)31-55(51)58-52/h3-32H,1-2H3. The highest BCUT2D eigenvalue weighted by Gasteiger charge is 2.20. The van der Waals surface area contributed by atoms with Crippen LogP contribution in [0.5, 0.6) is 0 Å². The molecule has 0 N–H and O–H groups in total. The van der Waals surface area contributed by atoms with Gasteiger partial charge in [0.1, 0.15) is 22.3 Å². The molecule has 0 aliphatic heterocycles. The fourth-order valence-electron chi connectivity index (χ4n) is 10.1. The number of hydrogen-bond donors (Lipinski definition) is 0. The van der Waals surface area contributed by atoms with Crippen LogP contribution in [-0.4, -0.2) is 0 Å². The van der Waals surface area contributed by atoms with E-state index in [1.165, 1.54) is 86.9 Å². The molecule has 2 heteroatoms. The third-order valence-electron chi connectivity index (χ3n) is 13.0. The van der Waals surface area contributed by atoms with Gasteiger partial charge in [0.05, 0.1) is 0 Å². The second-order valence-corrected chi connectivity index (χ2v) is 16.6. The van der Waals surface area contributed by atoms with E-state index in [0.717, 1.165) is 49.4 Å². The maximum Gasteiger partial charge on any atom is 0.136 e. The van der Waals surface area contributed by atoms with Gasteiger partial charge in [-0.15, -0.1) is 0 Å². The molecular formula is C57H36O2. The molecule has 0 amide bonds. The lowest BCUT2D eigenvalue weighted by molar-refractivity contribution is 0.669. The molecule has 276 valence electrons. The highest BCUT2D eigenvalue weighted by molar-refractivity contribution is 6.29. The second kappa shape index (κ2) is 12.0. The minimum Gasteiger partial charge on any atom is -0.456 e. The molecule has 2 aromatic heterocycles. The molecular weight excluding hydrogens is 717 g/mol. The van der Waals surface area contributed by atoms with Crippen molar-refractivity contribution < 1.29 is 8.83 Å². The summed E-state index contributed by atoms with van der Waals surface area (Å²) in [5, 5.41) is 19.4. The quantitative estimate of drug-likeness (QED) is 0.133. The first kappa shape index (κ1) is 32.6. The van der Waals surface area contributed by atoms with Crippen LogP contribution in [0.25, 0.3) is 131 Å². The van der Waals surface area contributed by atoms with Crippen LogP contribution >= 0.6 is 0 Å². The molecule has 0 unspecified atom stereocenters. The molecule has 0 radical (unpaired) electrons. The lowest BCUT2D eigenvalue weighted by Gasteiger charge is -2.17. The van der Waals surface area contributed by atoms with E-state index in [2.05, 4.69) is 190 Å². The summed E-state index contributed by atoms with van der Waals surface area (Å²) in [4.78, 5) is 0. The molecule has 0 saturated carbocycles. The zero-order chi connectivity index (χ0) is 38.9. The van der Waals surface area contributed by atoms with Crippen LogP contribution in [0.3, 0.4) is 0 Å². The molecule has 2 heterocycles. The Kier molecular flexibility index (Phi) is 6.67. The summed E-state index contributed by atoms with van der Waals surface area (Å²) in [7, 11) is 0. The predicted octanol–water partition coefficient (Wildman–Crippen LogP) is 16.9. The fraction of sp³-hybridized carbons (Fsp3) is 0.0526. The molecule has 0 spiro atoms. The van der Waals surface area contributed by atoms with Crippen LogP contribution in [0, 0.1) is 0 Å². The van der Waals surface area contributed by atoms with Crippen LogP contribution < -0.4 is 0 Å². The van der Waals surface area contributed by atoms with Crippen molar-refractivity contribution in [2.75, 3.05) is 0 Å². The van der Waals surface area contributed by atoms with Gasteiger partial charge in [0, 0.05) is 21.5 Å². The summed E-state index contributed by atoms with van der Waals surface area (Å²) in [6.07, 6.45) is 0. The van der Waals surface area contributed by atoms with Crippen molar-refractivity contribution in [2.24, 2.45) is 0 Å². The van der Waals surface area contributed by atoms with Crippen molar-refractivity contribution in [3.63, 3.8) is 0 Å². The van der Waals surface area contributed by atoms with Crippen molar-refractivity contribution in [2.45, 2.75) is 19.8 Å². The van der Waals surface area contributed by atoms with E-state index >= 15 is 0 Å². The summed E-state index contributed by atoms with van der Waals surface area (Å²) in [5.74, 6) is 0.473. The Morgan fingerprint density at radius 1 is 0.288 bits per heavy atom. The molecule has 0 bridgehead atoms. The summed E-state index contributed by atoms with van der Waals surface area (Å²) in [5.41, 5.74) is 9.72. The Hall–Kier alpha value is -7.42. The fourth-order valence-corrected chi connectivity index (χ4v) is 10.1. The monoisotopic (exact) mass is 752 g/mol. The number of hydrogen-bond acceptors (Lipinski definition) is 2. The summed E-state index contributed by atoms with van der Waals surface area (Å²) in [6, 6.07) is 64.6. The Labute approximate surface area is 339 Å². The molecule has 13 aromatic rings. The first-order valence-electron chi connectivity index (χ1n) is 20.6. The maximum atomic E-state index is 6.67. The van der Waals surface area contributed by atoms with Gasteiger partial charge < -0.3 is 8.83 Å². The van der Waals surface area contributed by atoms with Crippen molar-refractivity contribution >= 4 is 109 Å². The van der Waals surface area contributed by atoms with Crippen molar-refractivity contribution in [1.29, 1.82) is 0 Å². The van der Waals surface area contributed by atoms with E-state index in [4.69, 9.17) is 8.83 Å². The molecule has 0 fully saturated rings. The summed E-state index contributed by atoms with van der Waals surface area (Å²) < 4.78 is 13.3. The van der Waals surface area contributed by atoms with Crippen LogP contribution in [0.2, 0.25) is 0 Å². The third-order valence-corrected chi connectivity index (χ3v) is 13.0. The van der Waals surface area contributed by atoms with E-state index < -0.39 is 0 Å². The van der Waals surface area contributed by atoms with E-state index in [9.17, 15) is 0 Å². The van der Waals surface area contributed by atoms with Crippen molar-refractivity contribution in [1.82, 2.24) is 0 Å². The van der Waals surface area contributed by atoms with E-state index in [-0.39, 0.29) is 0 Å². The molecule has 0 aliphatic rings. The van der Waals surface area contributed by atoms with E-state index in [0.29, 0.717) is 5.92 Å². The minimum absolute atomic E-state index is 0.473. The first-order valence-corrected chi connectivity index (χ1v) is 20.6. The third kappa shape index (κ3) is 4.69. The maximum absolute atomic E-state index is 6.67. The number of benzene rings is 11. The molecule has 2 nitrogen and oxygen atoms in total. The largest absolute Gasteiger partial charge is 0.456 e. The van der Waals surface area contributed by atoms with E-state index in [1.807, 2.05) is 0 Å². The Morgan fingerprint density at radius 3 is 1.39 bits per heavy atom. The Bertz CT molecular complexity index is 3880. The van der Waals surface area contributed by atoms with Gasteiger partial charge in [-0.25, -0.2) is 0 Å². The SMILES string of the molecule is CC(C)c1ccc2cc3c(cc2c1)oc1cc(-c2c4ccccc4c(-c4ccc5oc6cc7c8ccccc8c8ccccc8c7cc6c5c4)c4ccccc24)ccc13.